The predicted octanol–water partition coefficient (Wildman–Crippen LogP) is 2.04. The molecule has 0 fully saturated rings. The van der Waals surface area contributed by atoms with Gasteiger partial charge in [-0.05, 0) is 12.5 Å². The minimum absolute atomic E-state index is 0.669. The van der Waals surface area contributed by atoms with E-state index in [9.17, 15) is 0 Å². The zero-order valence-corrected chi connectivity index (χ0v) is 5.19. The zero-order chi connectivity index (χ0) is 5.82. The number of ether oxygens (including phenoxy) is 1. The van der Waals surface area contributed by atoms with Gasteiger partial charge in [-0.3, -0.25) is 0 Å². The lowest BCUT2D eigenvalue weighted by atomic mass is 10.4. The lowest BCUT2D eigenvalue weighted by Gasteiger charge is -1.90. The van der Waals surface area contributed by atoms with Crippen LogP contribution in [0.15, 0.2) is 23.4 Å². The fourth-order valence-corrected chi connectivity index (χ4v) is 0.662. The van der Waals surface area contributed by atoms with Gasteiger partial charge in [-0.1, -0.05) is 17.7 Å². The van der Waals surface area contributed by atoms with Gasteiger partial charge in [-0.15, -0.1) is 0 Å². The molecule has 1 rings (SSSR count). The summed E-state index contributed by atoms with van der Waals surface area (Å²) in [6, 6.07) is 0. The van der Waals surface area contributed by atoms with E-state index in [-0.39, 0.29) is 0 Å². The molecule has 0 saturated heterocycles. The molecule has 0 N–H and O–H groups in total. The molecule has 0 spiro atoms. The molecule has 8 heavy (non-hydrogen) atoms. The first-order valence-corrected chi connectivity index (χ1v) is 2.91. The Bertz CT molecular complexity index is 126. The lowest BCUT2D eigenvalue weighted by Crippen LogP contribution is -1.80. The summed E-state index contributed by atoms with van der Waals surface area (Å²) in [5, 5.41) is 0.669. The first kappa shape index (κ1) is 5.70. The van der Waals surface area contributed by atoms with Crippen LogP contribution >= 0.6 is 11.6 Å². The highest BCUT2D eigenvalue weighted by Gasteiger charge is 1.89. The summed E-state index contributed by atoms with van der Waals surface area (Å²) in [6.07, 6.45) is 6.35. The number of hydrogen-bond donors (Lipinski definition) is 0. The van der Waals surface area contributed by atoms with Gasteiger partial charge in [0.1, 0.15) is 6.26 Å². The topological polar surface area (TPSA) is 9.23 Å². The monoisotopic (exact) mass is 130 g/mol. The third-order valence-corrected chi connectivity index (χ3v) is 1.09. The zero-order valence-electron chi connectivity index (χ0n) is 4.43. The Morgan fingerprint density at radius 1 is 1.62 bits per heavy atom. The Labute approximate surface area is 53.6 Å². The molecule has 0 aromatic rings. The van der Waals surface area contributed by atoms with Gasteiger partial charge in [0.15, 0.2) is 0 Å². The van der Waals surface area contributed by atoms with E-state index < -0.39 is 0 Å². The van der Waals surface area contributed by atoms with Crippen LogP contribution in [0.4, 0.5) is 0 Å². The van der Waals surface area contributed by atoms with Gasteiger partial charge in [-0.2, -0.15) is 0 Å². The smallest absolute Gasteiger partial charge is 0.101 e. The molecule has 1 heterocycles. The number of halogens is 1. The van der Waals surface area contributed by atoms with Crippen molar-refractivity contribution in [3.63, 3.8) is 0 Å². The fourth-order valence-electron chi connectivity index (χ4n) is 0.510. The van der Waals surface area contributed by atoms with Crippen molar-refractivity contribution in [3.05, 3.63) is 23.4 Å². The molecule has 1 aliphatic heterocycles. The second-order valence-electron chi connectivity index (χ2n) is 1.56. The summed E-state index contributed by atoms with van der Waals surface area (Å²) < 4.78 is 4.95. The largest absolute Gasteiger partial charge is 0.499 e. The highest BCUT2D eigenvalue weighted by Crippen LogP contribution is 2.07. The number of rotatable bonds is 0. The molecular formula is C6H7ClO. The summed E-state index contributed by atoms with van der Waals surface area (Å²) in [5.41, 5.74) is 0. The van der Waals surface area contributed by atoms with Crippen molar-refractivity contribution in [2.75, 3.05) is 6.61 Å². The predicted molar refractivity (Wildman–Crippen MR) is 33.6 cm³/mol. The molecular weight excluding hydrogens is 124 g/mol. The second-order valence-corrected chi connectivity index (χ2v) is 2.00. The molecule has 0 radical (unpaired) electrons. The average Bonchev–Trinajstić information content (AvgIpc) is 1.94. The average molecular weight is 131 g/mol. The van der Waals surface area contributed by atoms with Crippen LogP contribution in [0.25, 0.3) is 0 Å². The standard InChI is InChI=1S/C6H7ClO/c7-6-3-1-2-4-8-5-6/h1,3,5H,2,4H2. The van der Waals surface area contributed by atoms with Crippen molar-refractivity contribution >= 4 is 11.6 Å². The van der Waals surface area contributed by atoms with E-state index in [1.807, 2.05) is 12.2 Å². The number of hydrogen-bond acceptors (Lipinski definition) is 1. The van der Waals surface area contributed by atoms with E-state index in [2.05, 4.69) is 0 Å². The molecule has 0 aliphatic carbocycles. The van der Waals surface area contributed by atoms with Gasteiger partial charge >= 0.3 is 0 Å². The Hall–Kier alpha value is -0.430. The van der Waals surface area contributed by atoms with E-state index in [0.29, 0.717) is 5.03 Å². The SMILES string of the molecule is ClC1=COCCC=C1. The Morgan fingerprint density at radius 3 is 3.38 bits per heavy atom. The maximum Gasteiger partial charge on any atom is 0.101 e. The molecule has 0 bridgehead atoms. The van der Waals surface area contributed by atoms with Gasteiger partial charge in [0.25, 0.3) is 0 Å². The van der Waals surface area contributed by atoms with Crippen LogP contribution in [0.2, 0.25) is 0 Å². The normalized spacial score (nSPS) is 18.9. The van der Waals surface area contributed by atoms with Crippen LogP contribution in [0.5, 0.6) is 0 Å². The molecule has 1 nitrogen and oxygen atoms in total. The van der Waals surface area contributed by atoms with Gasteiger partial charge in [0.2, 0.25) is 0 Å². The molecule has 1 aliphatic rings. The van der Waals surface area contributed by atoms with Crippen molar-refractivity contribution in [2.45, 2.75) is 6.42 Å². The Kier molecular flexibility index (Phi) is 1.98. The van der Waals surface area contributed by atoms with E-state index >= 15 is 0 Å². The van der Waals surface area contributed by atoms with Crippen molar-refractivity contribution in [1.29, 1.82) is 0 Å². The van der Waals surface area contributed by atoms with Crippen LogP contribution in [-0.2, 0) is 4.74 Å². The molecule has 0 unspecified atom stereocenters. The third kappa shape index (κ3) is 1.58. The van der Waals surface area contributed by atoms with Crippen molar-refractivity contribution in [3.8, 4) is 0 Å². The molecule has 0 atom stereocenters. The van der Waals surface area contributed by atoms with Crippen molar-refractivity contribution < 1.29 is 4.74 Å². The van der Waals surface area contributed by atoms with Crippen LogP contribution < -0.4 is 0 Å². The Morgan fingerprint density at radius 2 is 2.50 bits per heavy atom. The second kappa shape index (κ2) is 2.78. The Balaban J connectivity index is 2.55. The van der Waals surface area contributed by atoms with E-state index in [1.165, 1.54) is 0 Å². The summed E-state index contributed by atoms with van der Waals surface area (Å²) in [6.45, 7) is 0.743. The highest BCUT2D eigenvalue weighted by molar-refractivity contribution is 6.31. The van der Waals surface area contributed by atoms with Gasteiger partial charge in [0, 0.05) is 0 Å². The first-order chi connectivity index (χ1) is 3.89. The molecule has 0 aromatic heterocycles. The quantitative estimate of drug-likeness (QED) is 0.488. The van der Waals surface area contributed by atoms with Crippen LogP contribution in [0.1, 0.15) is 6.42 Å². The minimum atomic E-state index is 0.669. The fraction of sp³-hybridized carbons (Fsp3) is 0.333. The lowest BCUT2D eigenvalue weighted by molar-refractivity contribution is 0.257. The van der Waals surface area contributed by atoms with E-state index in [1.54, 1.807) is 6.26 Å². The van der Waals surface area contributed by atoms with E-state index in [4.69, 9.17) is 16.3 Å². The summed E-state index contributed by atoms with van der Waals surface area (Å²) in [7, 11) is 0. The first-order valence-electron chi connectivity index (χ1n) is 2.53. The van der Waals surface area contributed by atoms with Crippen molar-refractivity contribution in [2.24, 2.45) is 0 Å². The maximum atomic E-state index is 5.57. The summed E-state index contributed by atoms with van der Waals surface area (Å²) >= 11 is 5.57. The summed E-state index contributed by atoms with van der Waals surface area (Å²) in [4.78, 5) is 0. The minimum Gasteiger partial charge on any atom is -0.499 e. The van der Waals surface area contributed by atoms with Gasteiger partial charge in [0.05, 0.1) is 11.6 Å². The highest BCUT2D eigenvalue weighted by atomic mass is 35.5. The van der Waals surface area contributed by atoms with Crippen LogP contribution in [0, 0.1) is 0 Å². The molecule has 0 saturated carbocycles. The van der Waals surface area contributed by atoms with Gasteiger partial charge < -0.3 is 4.74 Å². The van der Waals surface area contributed by atoms with E-state index in [0.717, 1.165) is 13.0 Å². The van der Waals surface area contributed by atoms with Gasteiger partial charge in [-0.25, -0.2) is 0 Å². The van der Waals surface area contributed by atoms with Crippen molar-refractivity contribution in [1.82, 2.24) is 0 Å². The van der Waals surface area contributed by atoms with Crippen LogP contribution in [0.3, 0.4) is 0 Å². The molecule has 0 amide bonds. The number of allylic oxidation sites excluding steroid dienone is 2. The molecule has 44 valence electrons. The maximum absolute atomic E-state index is 5.57. The van der Waals surface area contributed by atoms with Crippen LogP contribution in [-0.4, -0.2) is 6.61 Å². The summed E-state index contributed by atoms with van der Waals surface area (Å²) in [5.74, 6) is 0. The molecule has 0 aromatic carbocycles. The molecule has 2 heteroatoms. The third-order valence-electron chi connectivity index (χ3n) is 0.875.